The Labute approximate surface area is 163 Å². The van der Waals surface area contributed by atoms with Gasteiger partial charge in [-0.2, -0.15) is 0 Å². The van der Waals surface area contributed by atoms with Crippen LogP contribution in [0.3, 0.4) is 0 Å². The minimum absolute atomic E-state index is 0.265. The highest BCUT2D eigenvalue weighted by Crippen LogP contribution is 2.16. The summed E-state index contributed by atoms with van der Waals surface area (Å²) in [6.45, 7) is 19.2. The van der Waals surface area contributed by atoms with Crippen LogP contribution < -0.4 is 0 Å². The summed E-state index contributed by atoms with van der Waals surface area (Å²) in [5, 5.41) is 0. The molecular formula is C21H45N3O2. The average Bonchev–Trinajstić information content (AvgIpc) is 2.66. The van der Waals surface area contributed by atoms with Crippen LogP contribution in [-0.2, 0) is 9.53 Å². The van der Waals surface area contributed by atoms with E-state index in [9.17, 15) is 4.79 Å². The lowest BCUT2D eigenvalue weighted by molar-refractivity contribution is -0.133. The quantitative estimate of drug-likeness (QED) is 0.671. The molecule has 0 aromatic rings. The number of hydrogen-bond acceptors (Lipinski definition) is 4. The largest absolute Gasteiger partial charge is 0.380 e. The van der Waals surface area contributed by atoms with Gasteiger partial charge in [-0.15, -0.1) is 0 Å². The van der Waals surface area contributed by atoms with Crippen molar-refractivity contribution in [3.8, 4) is 0 Å². The second-order valence-electron chi connectivity index (χ2n) is 7.28. The number of likely N-dealkylation sites (tertiary alicyclic amines) is 1. The third-order valence-electron chi connectivity index (χ3n) is 4.74. The number of ether oxygens (including phenoxy) is 1. The van der Waals surface area contributed by atoms with Gasteiger partial charge in [-0.25, -0.2) is 0 Å². The summed E-state index contributed by atoms with van der Waals surface area (Å²) in [6.07, 6.45) is 4.09. The number of nitrogens with zero attached hydrogens (tertiary/aromatic N) is 3. The van der Waals surface area contributed by atoms with Crippen LogP contribution in [0.1, 0.15) is 60.3 Å². The standard InChI is InChI=1S/C16H31N3O2.C3H8.C2H6/c1-15-3-6-19(7-4-15)16(20)5-13-21-14-12-18-10-8-17(2)9-11-18;1-3-2;1-2/h15H,3-14H2,1-2H3;3H2,1-2H3;1-2H3. The molecule has 5 nitrogen and oxygen atoms in total. The SMILES string of the molecule is CC.CC1CCN(C(=O)CCOCCN2CCN(C)CC2)CC1.CCC. The summed E-state index contributed by atoms with van der Waals surface area (Å²) in [4.78, 5) is 18.8. The molecule has 0 radical (unpaired) electrons. The molecule has 0 atom stereocenters. The van der Waals surface area contributed by atoms with Crippen molar-refractivity contribution in [1.82, 2.24) is 14.7 Å². The molecule has 26 heavy (non-hydrogen) atoms. The molecule has 2 heterocycles. The van der Waals surface area contributed by atoms with Crippen molar-refractivity contribution in [3.63, 3.8) is 0 Å². The van der Waals surface area contributed by atoms with Gasteiger partial charge < -0.3 is 14.5 Å². The fourth-order valence-corrected chi connectivity index (χ4v) is 2.94. The molecule has 0 unspecified atom stereocenters. The summed E-state index contributed by atoms with van der Waals surface area (Å²) in [6, 6.07) is 0. The van der Waals surface area contributed by atoms with Crippen molar-refractivity contribution in [3.05, 3.63) is 0 Å². The number of piperazine rings is 1. The van der Waals surface area contributed by atoms with Crippen LogP contribution in [0.2, 0.25) is 0 Å². The highest BCUT2D eigenvalue weighted by atomic mass is 16.5. The molecule has 1 amide bonds. The van der Waals surface area contributed by atoms with Gasteiger partial charge in [0.25, 0.3) is 0 Å². The van der Waals surface area contributed by atoms with E-state index in [1.807, 2.05) is 18.7 Å². The summed E-state index contributed by atoms with van der Waals surface area (Å²) in [5.41, 5.74) is 0. The zero-order valence-corrected chi connectivity index (χ0v) is 18.4. The minimum atomic E-state index is 0.265. The van der Waals surface area contributed by atoms with Gasteiger partial charge in [0.2, 0.25) is 5.91 Å². The summed E-state index contributed by atoms with van der Waals surface area (Å²) in [5.74, 6) is 1.04. The topological polar surface area (TPSA) is 36.0 Å². The van der Waals surface area contributed by atoms with E-state index in [0.717, 1.165) is 71.2 Å². The molecule has 2 aliphatic rings. The van der Waals surface area contributed by atoms with Crippen LogP contribution in [0.15, 0.2) is 0 Å². The molecule has 2 saturated heterocycles. The van der Waals surface area contributed by atoms with Crippen LogP contribution in [-0.4, -0.2) is 86.7 Å². The summed E-state index contributed by atoms with van der Waals surface area (Å²) >= 11 is 0. The van der Waals surface area contributed by atoms with E-state index in [0.29, 0.717) is 13.0 Å². The highest BCUT2D eigenvalue weighted by molar-refractivity contribution is 5.76. The van der Waals surface area contributed by atoms with Crippen LogP contribution in [0.5, 0.6) is 0 Å². The summed E-state index contributed by atoms with van der Waals surface area (Å²) in [7, 11) is 2.17. The molecular weight excluding hydrogens is 326 g/mol. The van der Waals surface area contributed by atoms with Gasteiger partial charge in [-0.1, -0.05) is 41.0 Å². The molecule has 0 bridgehead atoms. The van der Waals surface area contributed by atoms with Crippen molar-refractivity contribution in [2.45, 2.75) is 60.3 Å². The molecule has 0 aromatic carbocycles. The Hall–Kier alpha value is -0.650. The number of carbonyl (C=O) groups excluding carboxylic acids is 1. The maximum Gasteiger partial charge on any atom is 0.224 e. The van der Waals surface area contributed by atoms with Crippen LogP contribution >= 0.6 is 0 Å². The first-order valence-electron chi connectivity index (χ1n) is 10.8. The minimum Gasteiger partial charge on any atom is -0.380 e. The second-order valence-corrected chi connectivity index (χ2v) is 7.28. The van der Waals surface area contributed by atoms with E-state index < -0.39 is 0 Å². The zero-order chi connectivity index (χ0) is 19.8. The predicted molar refractivity (Wildman–Crippen MR) is 112 cm³/mol. The van der Waals surface area contributed by atoms with Crippen LogP contribution in [0.4, 0.5) is 0 Å². The Morgan fingerprint density at radius 1 is 0.962 bits per heavy atom. The first-order chi connectivity index (χ1) is 12.6. The molecule has 5 heteroatoms. The number of amides is 1. The number of likely N-dealkylation sites (N-methyl/N-ethyl adjacent to an activating group) is 1. The van der Waals surface area contributed by atoms with Gasteiger partial charge >= 0.3 is 0 Å². The average molecular weight is 372 g/mol. The lowest BCUT2D eigenvalue weighted by Gasteiger charge is -2.32. The smallest absolute Gasteiger partial charge is 0.224 e. The van der Waals surface area contributed by atoms with Gasteiger partial charge in [0.15, 0.2) is 0 Å². The first-order valence-corrected chi connectivity index (χ1v) is 10.8. The van der Waals surface area contributed by atoms with Crippen molar-refractivity contribution in [2.75, 3.05) is 66.1 Å². The lowest BCUT2D eigenvalue weighted by Crippen LogP contribution is -2.45. The number of rotatable bonds is 6. The van der Waals surface area contributed by atoms with Crippen molar-refractivity contribution in [1.29, 1.82) is 0 Å². The fourth-order valence-electron chi connectivity index (χ4n) is 2.94. The molecule has 2 aliphatic heterocycles. The van der Waals surface area contributed by atoms with Gasteiger partial charge in [0, 0.05) is 45.8 Å². The number of piperidine rings is 1. The number of carbonyl (C=O) groups is 1. The van der Waals surface area contributed by atoms with Gasteiger partial charge in [-0.05, 0) is 25.8 Å². The molecule has 0 spiro atoms. The molecule has 0 aliphatic carbocycles. The van der Waals surface area contributed by atoms with E-state index in [1.165, 1.54) is 6.42 Å². The highest BCUT2D eigenvalue weighted by Gasteiger charge is 2.19. The first kappa shape index (κ1) is 25.4. The van der Waals surface area contributed by atoms with Crippen molar-refractivity contribution >= 4 is 5.91 Å². The Balaban J connectivity index is 0.00000113. The van der Waals surface area contributed by atoms with E-state index in [2.05, 4.69) is 37.6 Å². The van der Waals surface area contributed by atoms with E-state index in [4.69, 9.17) is 4.74 Å². The molecule has 156 valence electrons. The van der Waals surface area contributed by atoms with Gasteiger partial charge in [0.1, 0.15) is 0 Å². The maximum atomic E-state index is 12.0. The number of hydrogen-bond donors (Lipinski definition) is 0. The van der Waals surface area contributed by atoms with E-state index >= 15 is 0 Å². The van der Waals surface area contributed by atoms with Gasteiger partial charge in [0.05, 0.1) is 19.6 Å². The van der Waals surface area contributed by atoms with Crippen LogP contribution in [0, 0.1) is 5.92 Å². The normalized spacial score (nSPS) is 19.2. The third-order valence-corrected chi connectivity index (χ3v) is 4.74. The Morgan fingerprint density at radius 2 is 1.50 bits per heavy atom. The van der Waals surface area contributed by atoms with Gasteiger partial charge in [-0.3, -0.25) is 9.69 Å². The molecule has 0 saturated carbocycles. The second kappa shape index (κ2) is 16.5. The predicted octanol–water partition coefficient (Wildman–Crippen LogP) is 3.34. The molecule has 2 rings (SSSR count). The molecule has 0 N–H and O–H groups in total. The van der Waals surface area contributed by atoms with Crippen molar-refractivity contribution < 1.29 is 9.53 Å². The maximum absolute atomic E-state index is 12.0. The Kier molecular flexibility index (Phi) is 16.1. The zero-order valence-electron chi connectivity index (χ0n) is 18.4. The monoisotopic (exact) mass is 371 g/mol. The Bertz CT molecular complexity index is 323. The van der Waals surface area contributed by atoms with Crippen molar-refractivity contribution in [2.24, 2.45) is 5.92 Å². The van der Waals surface area contributed by atoms with E-state index in [1.54, 1.807) is 0 Å². The Morgan fingerprint density at radius 3 is 2.04 bits per heavy atom. The molecule has 2 fully saturated rings. The van der Waals surface area contributed by atoms with Crippen LogP contribution in [0.25, 0.3) is 0 Å². The third kappa shape index (κ3) is 11.9. The van der Waals surface area contributed by atoms with E-state index in [-0.39, 0.29) is 5.91 Å². The summed E-state index contributed by atoms with van der Waals surface area (Å²) < 4.78 is 5.64. The molecule has 0 aromatic heterocycles. The lowest BCUT2D eigenvalue weighted by atomic mass is 9.99. The fraction of sp³-hybridized carbons (Fsp3) is 0.952.